The number of halogens is 2. The summed E-state index contributed by atoms with van der Waals surface area (Å²) in [7, 11) is -2.76. The van der Waals surface area contributed by atoms with Crippen molar-refractivity contribution in [2.24, 2.45) is 0 Å². The highest BCUT2D eigenvalue weighted by molar-refractivity contribution is 7.93. The van der Waals surface area contributed by atoms with Crippen molar-refractivity contribution < 1.29 is 18.3 Å². The van der Waals surface area contributed by atoms with E-state index in [4.69, 9.17) is 27.9 Å². The molecule has 0 bridgehead atoms. The number of rotatable bonds is 5. The maximum absolute atomic E-state index is 13.0. The standard InChI is InChI=1S/C20H17Cl2NO4S/c1-12-15(21)11-16(22)19(24)20(12)28(25,26)23-17-10-14(8-9-18(17)27-2)13-6-4-3-5-7-13/h3-11,23-24H,1-2H3. The number of sulfonamides is 1. The van der Waals surface area contributed by atoms with Crippen LogP contribution in [0.3, 0.4) is 0 Å². The molecular weight excluding hydrogens is 421 g/mol. The van der Waals surface area contributed by atoms with E-state index in [-0.39, 0.29) is 26.2 Å². The summed E-state index contributed by atoms with van der Waals surface area (Å²) in [5.74, 6) is -0.234. The SMILES string of the molecule is COc1ccc(-c2ccccc2)cc1NS(=O)(=O)c1c(C)c(Cl)cc(Cl)c1O. The van der Waals surface area contributed by atoms with Crippen LogP contribution in [0, 0.1) is 6.92 Å². The Morgan fingerprint density at radius 3 is 2.29 bits per heavy atom. The van der Waals surface area contributed by atoms with Crippen LogP contribution in [0.25, 0.3) is 11.1 Å². The molecule has 146 valence electrons. The van der Waals surface area contributed by atoms with Crippen molar-refractivity contribution in [1.82, 2.24) is 0 Å². The van der Waals surface area contributed by atoms with Crippen molar-refractivity contribution in [3.05, 3.63) is 70.2 Å². The van der Waals surface area contributed by atoms with Gasteiger partial charge in [0, 0.05) is 5.02 Å². The van der Waals surface area contributed by atoms with Gasteiger partial charge in [0.2, 0.25) is 0 Å². The number of benzene rings is 3. The Morgan fingerprint density at radius 1 is 0.964 bits per heavy atom. The average molecular weight is 438 g/mol. The molecule has 0 aromatic heterocycles. The number of ether oxygens (including phenoxy) is 1. The van der Waals surface area contributed by atoms with E-state index in [0.29, 0.717) is 5.75 Å². The van der Waals surface area contributed by atoms with Gasteiger partial charge in [0.1, 0.15) is 10.6 Å². The van der Waals surface area contributed by atoms with Gasteiger partial charge in [-0.1, -0.05) is 59.6 Å². The minimum absolute atomic E-state index is 0.133. The number of aromatic hydroxyl groups is 1. The first-order valence-electron chi connectivity index (χ1n) is 8.18. The summed E-state index contributed by atoms with van der Waals surface area (Å²) in [5.41, 5.74) is 2.12. The lowest BCUT2D eigenvalue weighted by atomic mass is 10.1. The lowest BCUT2D eigenvalue weighted by Crippen LogP contribution is -2.15. The Kier molecular flexibility index (Phi) is 5.74. The Hall–Kier alpha value is -2.41. The van der Waals surface area contributed by atoms with Gasteiger partial charge in [0.15, 0.2) is 5.75 Å². The van der Waals surface area contributed by atoms with Crippen molar-refractivity contribution in [3.63, 3.8) is 0 Å². The maximum Gasteiger partial charge on any atom is 0.266 e. The van der Waals surface area contributed by atoms with Crippen molar-refractivity contribution >= 4 is 38.9 Å². The fourth-order valence-corrected chi connectivity index (χ4v) is 4.81. The van der Waals surface area contributed by atoms with Gasteiger partial charge < -0.3 is 9.84 Å². The molecule has 0 aliphatic carbocycles. The summed E-state index contributed by atoms with van der Waals surface area (Å²) in [6, 6.07) is 15.9. The molecule has 0 radical (unpaired) electrons. The summed E-state index contributed by atoms with van der Waals surface area (Å²) >= 11 is 12.0. The van der Waals surface area contributed by atoms with Crippen LogP contribution in [0.1, 0.15) is 5.56 Å². The average Bonchev–Trinajstić information content (AvgIpc) is 2.67. The highest BCUT2D eigenvalue weighted by atomic mass is 35.5. The summed E-state index contributed by atoms with van der Waals surface area (Å²) in [6.07, 6.45) is 0. The molecule has 0 spiro atoms. The first-order valence-corrected chi connectivity index (χ1v) is 10.4. The lowest BCUT2D eigenvalue weighted by Gasteiger charge is -2.16. The van der Waals surface area contributed by atoms with E-state index in [9.17, 15) is 13.5 Å². The Bertz CT molecular complexity index is 1110. The zero-order valence-electron chi connectivity index (χ0n) is 15.0. The van der Waals surface area contributed by atoms with E-state index in [2.05, 4.69) is 4.72 Å². The van der Waals surface area contributed by atoms with Crippen molar-refractivity contribution in [2.45, 2.75) is 11.8 Å². The number of hydrogen-bond donors (Lipinski definition) is 2. The fourth-order valence-electron chi connectivity index (χ4n) is 2.80. The Labute approximate surface area is 173 Å². The Balaban J connectivity index is 2.11. The van der Waals surface area contributed by atoms with E-state index < -0.39 is 15.8 Å². The maximum atomic E-state index is 13.0. The second-order valence-corrected chi connectivity index (χ2v) is 8.46. The monoisotopic (exact) mass is 437 g/mol. The van der Waals surface area contributed by atoms with E-state index in [1.165, 1.54) is 20.1 Å². The lowest BCUT2D eigenvalue weighted by molar-refractivity contribution is 0.417. The van der Waals surface area contributed by atoms with Crippen LogP contribution in [-0.2, 0) is 10.0 Å². The summed E-state index contributed by atoms with van der Waals surface area (Å²) < 4.78 is 33.8. The number of anilines is 1. The van der Waals surface area contributed by atoms with Gasteiger partial charge in [0.05, 0.1) is 17.8 Å². The number of hydrogen-bond acceptors (Lipinski definition) is 4. The molecule has 0 heterocycles. The van der Waals surface area contributed by atoms with Crippen LogP contribution in [0.4, 0.5) is 5.69 Å². The van der Waals surface area contributed by atoms with E-state index in [1.54, 1.807) is 12.1 Å². The van der Waals surface area contributed by atoms with Crippen LogP contribution in [-0.4, -0.2) is 20.6 Å². The largest absolute Gasteiger partial charge is 0.505 e. The molecule has 0 fully saturated rings. The topological polar surface area (TPSA) is 75.6 Å². The first kappa shape index (κ1) is 20.3. The van der Waals surface area contributed by atoms with E-state index in [1.807, 2.05) is 36.4 Å². The molecule has 0 aliphatic rings. The van der Waals surface area contributed by atoms with Gasteiger partial charge in [-0.15, -0.1) is 0 Å². The molecule has 0 saturated carbocycles. The Morgan fingerprint density at radius 2 is 1.64 bits per heavy atom. The van der Waals surface area contributed by atoms with Crippen LogP contribution >= 0.6 is 23.2 Å². The molecule has 3 aromatic carbocycles. The summed E-state index contributed by atoms with van der Waals surface area (Å²) in [5, 5.41) is 10.2. The molecule has 0 atom stereocenters. The van der Waals surface area contributed by atoms with Crippen molar-refractivity contribution in [1.29, 1.82) is 0 Å². The third-order valence-corrected chi connectivity index (χ3v) is 6.42. The highest BCUT2D eigenvalue weighted by Gasteiger charge is 2.26. The predicted molar refractivity (Wildman–Crippen MR) is 112 cm³/mol. The normalized spacial score (nSPS) is 11.3. The van der Waals surface area contributed by atoms with Gasteiger partial charge in [-0.25, -0.2) is 8.42 Å². The molecule has 0 amide bonds. The quantitative estimate of drug-likeness (QED) is 0.553. The smallest absolute Gasteiger partial charge is 0.266 e. The van der Waals surface area contributed by atoms with Gasteiger partial charge in [-0.2, -0.15) is 0 Å². The molecular formula is C20H17Cl2NO4S. The first-order chi connectivity index (χ1) is 13.2. The van der Waals surface area contributed by atoms with Crippen LogP contribution in [0.5, 0.6) is 11.5 Å². The number of phenols is 1. The molecule has 0 unspecified atom stereocenters. The molecule has 8 heteroatoms. The summed E-state index contributed by atoms with van der Waals surface area (Å²) in [4.78, 5) is -0.378. The summed E-state index contributed by atoms with van der Waals surface area (Å²) in [6.45, 7) is 1.49. The molecule has 0 saturated heterocycles. The fraction of sp³-hybridized carbons (Fsp3) is 0.100. The third-order valence-electron chi connectivity index (χ3n) is 4.21. The molecule has 5 nitrogen and oxygen atoms in total. The minimum Gasteiger partial charge on any atom is -0.505 e. The van der Waals surface area contributed by atoms with Gasteiger partial charge in [-0.05, 0) is 41.8 Å². The van der Waals surface area contributed by atoms with E-state index >= 15 is 0 Å². The molecule has 3 rings (SSSR count). The van der Waals surface area contributed by atoms with Crippen molar-refractivity contribution in [3.8, 4) is 22.6 Å². The zero-order chi connectivity index (χ0) is 20.5. The zero-order valence-corrected chi connectivity index (χ0v) is 17.4. The third kappa shape index (κ3) is 3.90. The molecule has 0 aliphatic heterocycles. The van der Waals surface area contributed by atoms with Gasteiger partial charge in [0.25, 0.3) is 10.0 Å². The minimum atomic E-state index is -4.20. The van der Waals surface area contributed by atoms with E-state index in [0.717, 1.165) is 11.1 Å². The number of methoxy groups -OCH3 is 1. The second kappa shape index (κ2) is 7.91. The molecule has 28 heavy (non-hydrogen) atoms. The predicted octanol–water partition coefficient (Wildman–Crippen LogP) is 5.48. The highest BCUT2D eigenvalue weighted by Crippen LogP contribution is 2.40. The number of phenolic OH excluding ortho intramolecular Hbond substituents is 1. The van der Waals surface area contributed by atoms with Crippen LogP contribution in [0.2, 0.25) is 10.0 Å². The number of nitrogens with one attached hydrogen (secondary N) is 1. The molecule has 3 aromatic rings. The van der Waals surface area contributed by atoms with Crippen LogP contribution < -0.4 is 9.46 Å². The second-order valence-electron chi connectivity index (χ2n) is 6.03. The van der Waals surface area contributed by atoms with Gasteiger partial charge >= 0.3 is 0 Å². The molecule has 2 N–H and O–H groups in total. The van der Waals surface area contributed by atoms with Crippen LogP contribution in [0.15, 0.2) is 59.5 Å². The van der Waals surface area contributed by atoms with Gasteiger partial charge in [-0.3, -0.25) is 4.72 Å². The van der Waals surface area contributed by atoms with Crippen molar-refractivity contribution in [2.75, 3.05) is 11.8 Å².